The van der Waals surface area contributed by atoms with Crippen LogP contribution in [0.15, 0.2) is 24.3 Å². The van der Waals surface area contributed by atoms with Crippen LogP contribution in [0.4, 0.5) is 0 Å². The van der Waals surface area contributed by atoms with Crippen molar-refractivity contribution in [2.75, 3.05) is 6.54 Å². The van der Waals surface area contributed by atoms with Gasteiger partial charge < -0.3 is 0 Å². The van der Waals surface area contributed by atoms with Crippen molar-refractivity contribution in [3.05, 3.63) is 45.5 Å². The SMILES string of the molecule is CC(=O)SC(C[N+](=O)[O-])c1ccccc1C. The second kappa shape index (κ2) is 5.65. The summed E-state index contributed by atoms with van der Waals surface area (Å²) in [5.74, 6) is 0. The third kappa shape index (κ3) is 3.66. The smallest absolute Gasteiger partial charge is 0.220 e. The molecular weight excluding hydrogens is 226 g/mol. The van der Waals surface area contributed by atoms with Crippen molar-refractivity contribution >= 4 is 16.9 Å². The highest BCUT2D eigenvalue weighted by Gasteiger charge is 2.21. The van der Waals surface area contributed by atoms with Gasteiger partial charge in [-0.2, -0.15) is 0 Å². The zero-order valence-corrected chi connectivity index (χ0v) is 9.99. The summed E-state index contributed by atoms with van der Waals surface area (Å²) in [6.45, 7) is 3.09. The van der Waals surface area contributed by atoms with E-state index in [2.05, 4.69) is 0 Å². The normalized spacial score (nSPS) is 12.1. The molecule has 1 atom stereocenters. The molecule has 1 aromatic carbocycles. The van der Waals surface area contributed by atoms with E-state index >= 15 is 0 Å². The Morgan fingerprint density at radius 1 is 1.50 bits per heavy atom. The lowest BCUT2D eigenvalue weighted by Crippen LogP contribution is -2.12. The molecule has 0 N–H and O–H groups in total. The van der Waals surface area contributed by atoms with Crippen LogP contribution in [0, 0.1) is 17.0 Å². The molecule has 0 radical (unpaired) electrons. The molecular formula is C11H13NO3S. The molecule has 86 valence electrons. The first-order valence-electron chi connectivity index (χ1n) is 4.85. The van der Waals surface area contributed by atoms with Crippen LogP contribution in [0.5, 0.6) is 0 Å². The molecule has 0 saturated carbocycles. The average Bonchev–Trinajstić information content (AvgIpc) is 2.15. The second-order valence-corrected chi connectivity index (χ2v) is 4.85. The van der Waals surface area contributed by atoms with Crippen molar-refractivity contribution in [1.29, 1.82) is 0 Å². The monoisotopic (exact) mass is 239 g/mol. The molecule has 0 aromatic heterocycles. The Kier molecular flexibility index (Phi) is 4.49. The third-order valence-corrected chi connectivity index (χ3v) is 3.18. The predicted octanol–water partition coefficient (Wildman–Crippen LogP) is 2.59. The maximum absolute atomic E-state index is 11.1. The summed E-state index contributed by atoms with van der Waals surface area (Å²) in [4.78, 5) is 21.2. The summed E-state index contributed by atoms with van der Waals surface area (Å²) in [7, 11) is 0. The van der Waals surface area contributed by atoms with Crippen LogP contribution in [0.2, 0.25) is 0 Å². The lowest BCUT2D eigenvalue weighted by Gasteiger charge is -2.13. The summed E-state index contributed by atoms with van der Waals surface area (Å²) in [6.07, 6.45) is 0. The number of carbonyl (C=O) groups is 1. The van der Waals surface area contributed by atoms with E-state index in [4.69, 9.17) is 0 Å². The van der Waals surface area contributed by atoms with Crippen LogP contribution in [0.3, 0.4) is 0 Å². The Bertz CT molecular complexity index is 390. The van der Waals surface area contributed by atoms with Gasteiger partial charge in [-0.25, -0.2) is 0 Å². The van der Waals surface area contributed by atoms with Crippen LogP contribution >= 0.6 is 11.8 Å². The standard InChI is InChI=1S/C11H13NO3S/c1-8-5-3-4-6-10(8)11(7-12(14)15)16-9(2)13/h3-6,11H,7H2,1-2H3. The highest BCUT2D eigenvalue weighted by Crippen LogP contribution is 2.31. The Hall–Kier alpha value is -1.36. The number of nitro groups is 1. The first-order valence-corrected chi connectivity index (χ1v) is 5.73. The molecule has 1 aromatic rings. The van der Waals surface area contributed by atoms with Gasteiger partial charge in [0.25, 0.3) is 0 Å². The first kappa shape index (κ1) is 12.7. The van der Waals surface area contributed by atoms with Gasteiger partial charge in [-0.05, 0) is 18.1 Å². The first-order chi connectivity index (χ1) is 7.50. The second-order valence-electron chi connectivity index (χ2n) is 3.47. The maximum Gasteiger partial charge on any atom is 0.220 e. The molecule has 16 heavy (non-hydrogen) atoms. The number of nitrogens with zero attached hydrogens (tertiary/aromatic N) is 1. The Labute approximate surface area is 98.2 Å². The topological polar surface area (TPSA) is 60.2 Å². The van der Waals surface area contributed by atoms with Crippen LogP contribution in [-0.2, 0) is 4.79 Å². The van der Waals surface area contributed by atoms with E-state index in [0.29, 0.717) is 0 Å². The van der Waals surface area contributed by atoms with Gasteiger partial charge in [0.1, 0.15) is 5.25 Å². The Morgan fingerprint density at radius 3 is 2.62 bits per heavy atom. The minimum atomic E-state index is -0.395. The van der Waals surface area contributed by atoms with Crippen molar-refractivity contribution < 1.29 is 9.72 Å². The summed E-state index contributed by atoms with van der Waals surface area (Å²) in [6, 6.07) is 7.43. The van der Waals surface area contributed by atoms with Crippen LogP contribution < -0.4 is 0 Å². The number of hydrogen-bond acceptors (Lipinski definition) is 4. The quantitative estimate of drug-likeness (QED) is 0.598. The fourth-order valence-corrected chi connectivity index (χ4v) is 2.47. The summed E-state index contributed by atoms with van der Waals surface area (Å²) < 4.78 is 0. The largest absolute Gasteiger partial charge is 0.288 e. The van der Waals surface area contributed by atoms with Crippen molar-refractivity contribution in [1.82, 2.24) is 0 Å². The van der Waals surface area contributed by atoms with E-state index in [-0.39, 0.29) is 16.6 Å². The number of hydrogen-bond donors (Lipinski definition) is 0. The van der Waals surface area contributed by atoms with Crippen molar-refractivity contribution in [2.24, 2.45) is 0 Å². The zero-order valence-electron chi connectivity index (χ0n) is 9.17. The zero-order chi connectivity index (χ0) is 12.1. The van der Waals surface area contributed by atoms with Gasteiger partial charge in [-0.1, -0.05) is 36.0 Å². The fraction of sp³-hybridized carbons (Fsp3) is 0.364. The molecule has 0 heterocycles. The molecule has 0 bridgehead atoms. The maximum atomic E-state index is 11.1. The highest BCUT2D eigenvalue weighted by atomic mass is 32.2. The van der Waals surface area contributed by atoms with E-state index in [9.17, 15) is 14.9 Å². The van der Waals surface area contributed by atoms with Gasteiger partial charge in [0.15, 0.2) is 5.12 Å². The minimum absolute atomic E-state index is 0.102. The van der Waals surface area contributed by atoms with Gasteiger partial charge in [0.05, 0.1) is 0 Å². The van der Waals surface area contributed by atoms with Gasteiger partial charge in [-0.15, -0.1) is 0 Å². The summed E-state index contributed by atoms with van der Waals surface area (Å²) >= 11 is 1.01. The summed E-state index contributed by atoms with van der Waals surface area (Å²) in [5.41, 5.74) is 1.84. The molecule has 5 heteroatoms. The van der Waals surface area contributed by atoms with Crippen molar-refractivity contribution in [3.8, 4) is 0 Å². The molecule has 4 nitrogen and oxygen atoms in total. The van der Waals surface area contributed by atoms with E-state index < -0.39 is 5.25 Å². The molecule has 0 fully saturated rings. The van der Waals surface area contributed by atoms with Crippen LogP contribution in [0.1, 0.15) is 23.3 Å². The highest BCUT2D eigenvalue weighted by molar-refractivity contribution is 8.13. The van der Waals surface area contributed by atoms with Gasteiger partial charge >= 0.3 is 0 Å². The third-order valence-electron chi connectivity index (χ3n) is 2.16. The minimum Gasteiger partial charge on any atom is -0.288 e. The molecule has 0 saturated heterocycles. The molecule has 1 unspecified atom stereocenters. The van der Waals surface area contributed by atoms with E-state index in [1.807, 2.05) is 31.2 Å². The molecule has 0 amide bonds. The van der Waals surface area contributed by atoms with Crippen LogP contribution in [-0.4, -0.2) is 16.6 Å². The Balaban J connectivity index is 2.96. The van der Waals surface area contributed by atoms with E-state index in [1.165, 1.54) is 6.92 Å². The number of benzene rings is 1. The summed E-state index contributed by atoms with van der Waals surface area (Å²) in [5, 5.41) is 10.1. The van der Waals surface area contributed by atoms with Gasteiger partial charge in [0.2, 0.25) is 6.54 Å². The molecule has 1 rings (SSSR count). The van der Waals surface area contributed by atoms with Gasteiger partial charge in [0, 0.05) is 11.8 Å². The number of carbonyl (C=O) groups excluding carboxylic acids is 1. The average molecular weight is 239 g/mol. The van der Waals surface area contributed by atoms with E-state index in [1.54, 1.807) is 0 Å². The molecule has 0 spiro atoms. The van der Waals surface area contributed by atoms with Crippen molar-refractivity contribution in [3.63, 3.8) is 0 Å². The van der Waals surface area contributed by atoms with E-state index in [0.717, 1.165) is 22.9 Å². The lowest BCUT2D eigenvalue weighted by atomic mass is 10.1. The molecule has 0 aliphatic carbocycles. The number of aryl methyl sites for hydroxylation is 1. The lowest BCUT2D eigenvalue weighted by molar-refractivity contribution is -0.479. The molecule has 0 aliphatic rings. The predicted molar refractivity (Wildman–Crippen MR) is 64.1 cm³/mol. The van der Waals surface area contributed by atoms with Crippen molar-refractivity contribution in [2.45, 2.75) is 19.1 Å². The number of rotatable bonds is 4. The van der Waals surface area contributed by atoms with Gasteiger partial charge in [-0.3, -0.25) is 14.9 Å². The van der Waals surface area contributed by atoms with Crippen LogP contribution in [0.25, 0.3) is 0 Å². The number of thioether (sulfide) groups is 1. The fourth-order valence-electron chi connectivity index (χ4n) is 1.48. The Morgan fingerprint density at radius 2 is 2.12 bits per heavy atom. The molecule has 0 aliphatic heterocycles.